The van der Waals surface area contributed by atoms with Gasteiger partial charge < -0.3 is 10.4 Å². The summed E-state index contributed by atoms with van der Waals surface area (Å²) in [6, 6.07) is 2.14. The summed E-state index contributed by atoms with van der Waals surface area (Å²) in [7, 11) is 0. The van der Waals surface area contributed by atoms with Crippen LogP contribution in [0.4, 0.5) is 0 Å². The van der Waals surface area contributed by atoms with E-state index in [0.717, 1.165) is 19.5 Å². The summed E-state index contributed by atoms with van der Waals surface area (Å²) < 4.78 is 1.17. The maximum Gasteiger partial charge on any atom is 0.0701 e. The lowest BCUT2D eigenvalue weighted by atomic mass is 9.87. The summed E-state index contributed by atoms with van der Waals surface area (Å²) in [5.41, 5.74) is 1.45. The molecule has 1 aromatic rings. The first-order chi connectivity index (χ1) is 7.39. The first-order valence-corrected chi connectivity index (χ1v) is 7.18. The Bertz CT molecular complexity index is 323. The molecule has 4 heteroatoms. The van der Waals surface area contributed by atoms with Gasteiger partial charge in [-0.1, -0.05) is 13.8 Å². The second kappa shape index (κ2) is 6.15. The van der Waals surface area contributed by atoms with Gasteiger partial charge in [-0.05, 0) is 51.7 Å². The van der Waals surface area contributed by atoms with Gasteiger partial charge in [0, 0.05) is 13.1 Å². The van der Waals surface area contributed by atoms with Crippen LogP contribution in [0.1, 0.15) is 32.8 Å². The van der Waals surface area contributed by atoms with Crippen LogP contribution >= 0.6 is 27.3 Å². The Kier molecular flexibility index (Phi) is 5.44. The van der Waals surface area contributed by atoms with Crippen molar-refractivity contribution in [3.05, 3.63) is 20.8 Å². The molecule has 0 radical (unpaired) electrons. The van der Waals surface area contributed by atoms with E-state index in [4.69, 9.17) is 0 Å². The van der Waals surface area contributed by atoms with E-state index in [1.165, 1.54) is 9.35 Å². The van der Waals surface area contributed by atoms with Crippen LogP contribution in [0.25, 0.3) is 0 Å². The summed E-state index contributed by atoms with van der Waals surface area (Å²) in [5, 5.41) is 15.0. The number of aliphatic hydroxyl groups is 1. The molecule has 1 unspecified atom stereocenters. The first kappa shape index (κ1) is 14.2. The number of rotatable bonds is 6. The summed E-state index contributed by atoms with van der Waals surface area (Å²) in [4.78, 5) is 0. The van der Waals surface area contributed by atoms with Gasteiger partial charge in [0.2, 0.25) is 0 Å². The predicted octanol–water partition coefficient (Wildman–Crippen LogP) is 3.40. The normalized spacial score (nSPS) is 14.1. The van der Waals surface area contributed by atoms with Crippen molar-refractivity contribution in [2.45, 2.75) is 39.8 Å². The fourth-order valence-electron chi connectivity index (χ4n) is 1.86. The van der Waals surface area contributed by atoms with Gasteiger partial charge in [-0.2, -0.15) is 0 Å². The monoisotopic (exact) mass is 305 g/mol. The van der Waals surface area contributed by atoms with Gasteiger partial charge in [0.25, 0.3) is 0 Å². The fourth-order valence-corrected chi connectivity index (χ4v) is 3.06. The largest absolute Gasteiger partial charge is 0.393 e. The number of halogens is 1. The predicted molar refractivity (Wildman–Crippen MR) is 73.8 cm³/mol. The van der Waals surface area contributed by atoms with Crippen LogP contribution < -0.4 is 5.32 Å². The molecular weight excluding hydrogens is 286 g/mol. The molecular formula is C12H20BrNOS. The van der Waals surface area contributed by atoms with Gasteiger partial charge in [0.05, 0.1) is 9.89 Å². The third kappa shape index (κ3) is 5.43. The second-order valence-electron chi connectivity index (χ2n) is 5.08. The van der Waals surface area contributed by atoms with Crippen LogP contribution in [-0.4, -0.2) is 17.8 Å². The molecule has 0 saturated heterocycles. The fraction of sp³-hybridized carbons (Fsp3) is 0.667. The zero-order valence-corrected chi connectivity index (χ0v) is 12.5. The van der Waals surface area contributed by atoms with Crippen molar-refractivity contribution in [2.75, 3.05) is 6.54 Å². The van der Waals surface area contributed by atoms with Crippen LogP contribution in [-0.2, 0) is 6.54 Å². The van der Waals surface area contributed by atoms with E-state index in [9.17, 15) is 5.11 Å². The molecule has 0 amide bonds. The molecule has 0 saturated carbocycles. The number of aliphatic hydroxyl groups excluding tert-OH is 1. The van der Waals surface area contributed by atoms with Gasteiger partial charge in [0.15, 0.2) is 0 Å². The zero-order valence-electron chi connectivity index (χ0n) is 10.1. The van der Waals surface area contributed by atoms with Gasteiger partial charge >= 0.3 is 0 Å². The van der Waals surface area contributed by atoms with E-state index in [1.807, 2.05) is 6.92 Å². The minimum absolute atomic E-state index is 0.140. The van der Waals surface area contributed by atoms with Gasteiger partial charge in [-0.25, -0.2) is 0 Å². The van der Waals surface area contributed by atoms with E-state index in [-0.39, 0.29) is 11.5 Å². The van der Waals surface area contributed by atoms with Crippen molar-refractivity contribution < 1.29 is 5.11 Å². The molecule has 1 aromatic heterocycles. The Morgan fingerprint density at radius 2 is 2.25 bits per heavy atom. The molecule has 1 heterocycles. The number of hydrogen-bond donors (Lipinski definition) is 2. The Morgan fingerprint density at radius 1 is 1.56 bits per heavy atom. The Labute approximate surface area is 110 Å². The van der Waals surface area contributed by atoms with Crippen molar-refractivity contribution in [3.63, 3.8) is 0 Å². The van der Waals surface area contributed by atoms with Crippen LogP contribution in [0.15, 0.2) is 15.2 Å². The molecule has 0 spiro atoms. The Hall–Kier alpha value is 0.100. The molecule has 2 nitrogen and oxygen atoms in total. The lowest BCUT2D eigenvalue weighted by Gasteiger charge is -2.26. The van der Waals surface area contributed by atoms with Crippen molar-refractivity contribution in [2.24, 2.45) is 5.41 Å². The Morgan fingerprint density at radius 3 is 2.75 bits per heavy atom. The summed E-state index contributed by atoms with van der Waals surface area (Å²) >= 11 is 5.16. The summed E-state index contributed by atoms with van der Waals surface area (Å²) in [6.45, 7) is 8.01. The third-order valence-electron chi connectivity index (χ3n) is 2.40. The minimum atomic E-state index is -0.230. The Balaban J connectivity index is 2.29. The summed E-state index contributed by atoms with van der Waals surface area (Å²) in [6.07, 6.45) is 0.597. The molecule has 0 aliphatic heterocycles. The minimum Gasteiger partial charge on any atom is -0.393 e. The van der Waals surface area contributed by atoms with E-state index in [2.05, 4.69) is 46.5 Å². The van der Waals surface area contributed by atoms with E-state index in [0.29, 0.717) is 0 Å². The van der Waals surface area contributed by atoms with Gasteiger partial charge in [-0.15, -0.1) is 11.3 Å². The highest BCUT2D eigenvalue weighted by atomic mass is 79.9. The van der Waals surface area contributed by atoms with Crippen molar-refractivity contribution in [1.29, 1.82) is 0 Å². The van der Waals surface area contributed by atoms with E-state index < -0.39 is 0 Å². The standard InChI is InChI=1S/C12H20BrNOS/c1-9(15)5-12(2,3)8-14-6-10-4-11(13)16-7-10/h4,7,9,14-15H,5-6,8H2,1-3H3. The SMILES string of the molecule is CC(O)CC(C)(C)CNCc1csc(Br)c1. The lowest BCUT2D eigenvalue weighted by Crippen LogP contribution is -2.31. The maximum absolute atomic E-state index is 9.38. The second-order valence-corrected chi connectivity index (χ2v) is 7.37. The van der Waals surface area contributed by atoms with Gasteiger partial charge in [0.1, 0.15) is 0 Å². The summed E-state index contributed by atoms with van der Waals surface area (Å²) in [5.74, 6) is 0. The lowest BCUT2D eigenvalue weighted by molar-refractivity contribution is 0.128. The maximum atomic E-state index is 9.38. The number of hydrogen-bond acceptors (Lipinski definition) is 3. The first-order valence-electron chi connectivity index (χ1n) is 5.51. The van der Waals surface area contributed by atoms with Crippen LogP contribution in [0.3, 0.4) is 0 Å². The van der Waals surface area contributed by atoms with E-state index >= 15 is 0 Å². The highest BCUT2D eigenvalue weighted by Crippen LogP contribution is 2.23. The molecule has 1 rings (SSSR count). The van der Waals surface area contributed by atoms with Crippen molar-refractivity contribution in [1.82, 2.24) is 5.32 Å². The molecule has 16 heavy (non-hydrogen) atoms. The smallest absolute Gasteiger partial charge is 0.0701 e. The van der Waals surface area contributed by atoms with Crippen LogP contribution in [0.5, 0.6) is 0 Å². The molecule has 92 valence electrons. The molecule has 0 aromatic carbocycles. The van der Waals surface area contributed by atoms with E-state index in [1.54, 1.807) is 11.3 Å². The molecule has 0 fully saturated rings. The van der Waals surface area contributed by atoms with Crippen molar-refractivity contribution >= 4 is 27.3 Å². The molecule has 2 N–H and O–H groups in total. The quantitative estimate of drug-likeness (QED) is 0.844. The average Bonchev–Trinajstić information content (AvgIpc) is 2.48. The average molecular weight is 306 g/mol. The molecule has 1 atom stereocenters. The highest BCUT2D eigenvalue weighted by Gasteiger charge is 2.19. The number of nitrogens with one attached hydrogen (secondary N) is 1. The topological polar surface area (TPSA) is 32.3 Å². The van der Waals surface area contributed by atoms with Crippen molar-refractivity contribution in [3.8, 4) is 0 Å². The molecule has 0 aliphatic carbocycles. The van der Waals surface area contributed by atoms with Crippen LogP contribution in [0.2, 0.25) is 0 Å². The van der Waals surface area contributed by atoms with Crippen LogP contribution in [0, 0.1) is 5.41 Å². The molecule has 0 bridgehead atoms. The molecule has 0 aliphatic rings. The number of thiophene rings is 1. The zero-order chi connectivity index (χ0) is 12.2. The highest BCUT2D eigenvalue weighted by molar-refractivity contribution is 9.11. The van der Waals surface area contributed by atoms with Gasteiger partial charge in [-0.3, -0.25) is 0 Å². The third-order valence-corrected chi connectivity index (χ3v) is 3.96.